The first-order valence-electron chi connectivity index (χ1n) is 12.3. The molecule has 0 aliphatic carbocycles. The molecule has 0 amide bonds. The number of rotatable bonds is 7. The number of aromatic nitrogens is 3. The summed E-state index contributed by atoms with van der Waals surface area (Å²) >= 11 is 0. The zero-order chi connectivity index (χ0) is 26.5. The first-order valence-corrected chi connectivity index (χ1v) is 12.3. The summed E-state index contributed by atoms with van der Waals surface area (Å²) < 4.78 is 55.5. The Kier molecular flexibility index (Phi) is 6.61. The van der Waals surface area contributed by atoms with Crippen LogP contribution in [0.3, 0.4) is 0 Å². The average Bonchev–Trinajstić information content (AvgIpc) is 3.12. The van der Waals surface area contributed by atoms with Gasteiger partial charge in [-0.25, -0.2) is 9.37 Å². The molecule has 3 unspecified atom stereocenters. The molecular weight excluding hydrogens is 487 g/mol. The van der Waals surface area contributed by atoms with E-state index in [2.05, 4.69) is 20.4 Å². The van der Waals surface area contributed by atoms with Gasteiger partial charge in [0.2, 0.25) is 5.88 Å². The first kappa shape index (κ1) is 25.5. The number of nitrogens with one attached hydrogen (secondary N) is 1. The second-order valence-electron chi connectivity index (χ2n) is 9.75. The van der Waals surface area contributed by atoms with E-state index >= 15 is 4.39 Å². The summed E-state index contributed by atoms with van der Waals surface area (Å²) in [7, 11) is 1.57. The van der Waals surface area contributed by atoms with Crippen LogP contribution in [-0.4, -0.2) is 58.8 Å². The third kappa shape index (κ3) is 4.33. The highest BCUT2D eigenvalue weighted by Crippen LogP contribution is 2.42. The summed E-state index contributed by atoms with van der Waals surface area (Å²) in [6.45, 7) is 5.62. The van der Waals surface area contributed by atoms with E-state index in [0.29, 0.717) is 41.5 Å². The molecule has 2 bridgehead atoms. The molecule has 2 aliphatic heterocycles. The molecule has 11 heteroatoms. The molecule has 0 radical (unpaired) electrons. The molecule has 4 heterocycles. The lowest BCUT2D eigenvalue weighted by Gasteiger charge is -2.37. The van der Waals surface area contributed by atoms with Gasteiger partial charge in [0, 0.05) is 10.9 Å². The lowest BCUT2D eigenvalue weighted by atomic mass is 9.97. The Balaban J connectivity index is 1.56. The van der Waals surface area contributed by atoms with Crippen LogP contribution in [-0.2, 0) is 10.7 Å². The second kappa shape index (κ2) is 9.60. The van der Waals surface area contributed by atoms with Crippen LogP contribution in [0.25, 0.3) is 10.9 Å². The summed E-state index contributed by atoms with van der Waals surface area (Å²) in [4.78, 5) is 7.03. The van der Waals surface area contributed by atoms with E-state index in [0.717, 1.165) is 31.5 Å². The fourth-order valence-corrected chi connectivity index (χ4v) is 5.28. The van der Waals surface area contributed by atoms with Gasteiger partial charge in [0.15, 0.2) is 5.82 Å². The molecule has 8 nitrogen and oxygen atoms in total. The van der Waals surface area contributed by atoms with Crippen LogP contribution in [0.5, 0.6) is 5.88 Å². The number of methoxy groups -OCH3 is 1. The highest BCUT2D eigenvalue weighted by atomic mass is 19.3. The zero-order valence-electron chi connectivity index (χ0n) is 21.1. The smallest absolute Gasteiger partial charge is 0.301 e. The number of alkyl halides is 2. The number of halogens is 3. The van der Waals surface area contributed by atoms with Gasteiger partial charge < -0.3 is 24.8 Å². The third-order valence-corrected chi connectivity index (χ3v) is 7.31. The molecule has 0 spiro atoms. The Morgan fingerprint density at radius 1 is 1.19 bits per heavy atom. The van der Waals surface area contributed by atoms with Crippen molar-refractivity contribution in [3.05, 3.63) is 46.9 Å². The fraction of sp³-hybridized carbons (Fsp3) is 0.500. The van der Waals surface area contributed by atoms with Gasteiger partial charge in [-0.2, -0.15) is 13.9 Å². The van der Waals surface area contributed by atoms with E-state index in [4.69, 9.17) is 14.5 Å². The molecule has 2 fully saturated rings. The predicted octanol–water partition coefficient (Wildman–Crippen LogP) is 4.49. The number of hydrogen-bond acceptors (Lipinski definition) is 8. The fourth-order valence-electron chi connectivity index (χ4n) is 5.28. The van der Waals surface area contributed by atoms with Crippen LogP contribution < -0.4 is 15.0 Å². The number of morpholine rings is 1. The Morgan fingerprint density at radius 2 is 1.89 bits per heavy atom. The number of anilines is 2. The van der Waals surface area contributed by atoms with Gasteiger partial charge in [-0.3, -0.25) is 0 Å². The zero-order valence-corrected chi connectivity index (χ0v) is 21.1. The van der Waals surface area contributed by atoms with E-state index in [-0.39, 0.29) is 17.6 Å². The van der Waals surface area contributed by atoms with Crippen LogP contribution >= 0.6 is 0 Å². The van der Waals surface area contributed by atoms with Gasteiger partial charge in [0.05, 0.1) is 49.7 Å². The highest BCUT2D eigenvalue weighted by molar-refractivity contribution is 5.94. The number of pyridine rings is 1. The van der Waals surface area contributed by atoms with Gasteiger partial charge in [0.25, 0.3) is 0 Å². The number of fused-ring (bicyclic) bond motifs is 3. The molecule has 4 atom stereocenters. The lowest BCUT2D eigenvalue weighted by Crippen LogP contribution is -2.46. The minimum absolute atomic E-state index is 0.0151. The molecule has 2 aromatic heterocycles. The maximum Gasteiger partial charge on any atom is 0.301 e. The van der Waals surface area contributed by atoms with Crippen molar-refractivity contribution in [3.63, 3.8) is 0 Å². The molecule has 2 aliphatic rings. The summed E-state index contributed by atoms with van der Waals surface area (Å²) in [5.41, 5.74) is 1.14. The number of aliphatic hydroxyl groups is 1. The number of aliphatic hydroxyl groups excluding tert-OH is 1. The predicted molar refractivity (Wildman–Crippen MR) is 133 cm³/mol. The summed E-state index contributed by atoms with van der Waals surface area (Å²) in [6, 6.07) is 5.39. The minimum Gasteiger partial charge on any atom is -0.480 e. The molecule has 2 N–H and O–H groups in total. The van der Waals surface area contributed by atoms with Crippen LogP contribution in [0.15, 0.2) is 24.3 Å². The average molecular weight is 518 g/mol. The second-order valence-corrected chi connectivity index (χ2v) is 9.75. The van der Waals surface area contributed by atoms with Gasteiger partial charge >= 0.3 is 5.92 Å². The normalized spacial score (nSPS) is 21.2. The number of benzene rings is 1. The van der Waals surface area contributed by atoms with Crippen molar-refractivity contribution in [3.8, 4) is 5.88 Å². The molecule has 2 saturated heterocycles. The molecule has 0 saturated carbocycles. The largest absolute Gasteiger partial charge is 0.480 e. The molecule has 37 heavy (non-hydrogen) atoms. The van der Waals surface area contributed by atoms with Crippen molar-refractivity contribution in [2.45, 2.75) is 63.8 Å². The van der Waals surface area contributed by atoms with Crippen LogP contribution in [0.4, 0.5) is 24.7 Å². The van der Waals surface area contributed by atoms with Crippen molar-refractivity contribution in [2.75, 3.05) is 30.5 Å². The lowest BCUT2D eigenvalue weighted by molar-refractivity contribution is -0.108. The monoisotopic (exact) mass is 517 g/mol. The maximum absolute atomic E-state index is 15.2. The highest BCUT2D eigenvalue weighted by Gasteiger charge is 2.41. The van der Waals surface area contributed by atoms with Gasteiger partial charge in [0.1, 0.15) is 23.1 Å². The number of ether oxygens (including phenoxy) is 2. The topological polar surface area (TPSA) is 92.6 Å². The Morgan fingerprint density at radius 3 is 2.54 bits per heavy atom. The molecule has 3 aromatic rings. The summed E-state index contributed by atoms with van der Waals surface area (Å²) in [5, 5.41) is 21.8. The van der Waals surface area contributed by atoms with Crippen LogP contribution in [0.1, 0.15) is 49.6 Å². The summed E-state index contributed by atoms with van der Waals surface area (Å²) in [6.07, 6.45) is -0.0229. The van der Waals surface area contributed by atoms with Crippen molar-refractivity contribution in [1.82, 2.24) is 15.2 Å². The van der Waals surface area contributed by atoms with Crippen molar-refractivity contribution in [2.24, 2.45) is 0 Å². The molecule has 5 rings (SSSR count). The van der Waals surface area contributed by atoms with Gasteiger partial charge in [-0.15, -0.1) is 5.10 Å². The molecule has 198 valence electrons. The quantitative estimate of drug-likeness (QED) is 0.474. The van der Waals surface area contributed by atoms with Gasteiger partial charge in [-0.05, 0) is 45.7 Å². The number of aryl methyl sites for hydroxylation is 1. The SMILES string of the molecule is COc1nc2c(C)nnc(N[C@H](C)c3cccc(C(F)(F)C(C)O)c3F)c2cc1N1C2CCC1COC2. The van der Waals surface area contributed by atoms with Crippen molar-refractivity contribution < 1.29 is 27.8 Å². The van der Waals surface area contributed by atoms with E-state index < -0.39 is 29.4 Å². The van der Waals surface area contributed by atoms with E-state index in [1.54, 1.807) is 21.0 Å². The van der Waals surface area contributed by atoms with Crippen molar-refractivity contribution >= 4 is 22.4 Å². The molecular formula is C26H30F3N5O3. The Bertz CT molecular complexity index is 1310. The minimum atomic E-state index is -3.73. The van der Waals surface area contributed by atoms with E-state index in [9.17, 15) is 13.9 Å². The van der Waals surface area contributed by atoms with Gasteiger partial charge in [-0.1, -0.05) is 12.1 Å². The van der Waals surface area contributed by atoms with Crippen LogP contribution in [0, 0.1) is 12.7 Å². The van der Waals surface area contributed by atoms with Crippen LogP contribution in [0.2, 0.25) is 0 Å². The molecule has 1 aromatic carbocycles. The maximum atomic E-state index is 15.2. The number of hydrogen-bond donors (Lipinski definition) is 2. The standard InChI is InChI=1S/C26H30F3N5O3/c1-13(18-6-5-7-20(22(18)27)26(28,29)15(3)35)30-24-19-10-21(34-16-8-9-17(34)12-37-11-16)25(36-4)31-23(19)14(2)32-33-24/h5-7,10,13,15-17,35H,8-9,11-12H2,1-4H3,(H,30,33)/t13-,15?,16?,17?/m1/s1. The Labute approximate surface area is 212 Å². The van der Waals surface area contributed by atoms with Crippen molar-refractivity contribution in [1.29, 1.82) is 0 Å². The third-order valence-electron chi connectivity index (χ3n) is 7.31. The first-order chi connectivity index (χ1) is 17.6. The number of nitrogens with zero attached hydrogens (tertiary/aromatic N) is 4. The van der Waals surface area contributed by atoms with E-state index in [1.807, 2.05) is 6.07 Å². The Hall–Kier alpha value is -3.18. The van der Waals surface area contributed by atoms with E-state index in [1.165, 1.54) is 12.1 Å². The summed E-state index contributed by atoms with van der Waals surface area (Å²) in [5.74, 6) is -4.00.